The van der Waals surface area contributed by atoms with Gasteiger partial charge in [-0.3, -0.25) is 4.90 Å². The predicted molar refractivity (Wildman–Crippen MR) is 63.6 cm³/mol. The van der Waals surface area contributed by atoms with Crippen molar-refractivity contribution in [2.75, 3.05) is 13.1 Å². The van der Waals surface area contributed by atoms with Crippen LogP contribution in [0.2, 0.25) is 0 Å². The van der Waals surface area contributed by atoms with Crippen LogP contribution in [0.1, 0.15) is 65.7 Å². The number of nitrogens with zero attached hydrogens (tertiary/aromatic N) is 1. The minimum absolute atomic E-state index is 0.485. The average molecular weight is 197 g/mol. The highest BCUT2D eigenvalue weighted by Gasteiger charge is 2.28. The Morgan fingerprint density at radius 3 is 2.00 bits per heavy atom. The molecule has 0 saturated carbocycles. The minimum atomic E-state index is 0.485. The number of rotatable bonds is 4. The highest BCUT2D eigenvalue weighted by molar-refractivity contribution is 4.85. The Morgan fingerprint density at radius 1 is 1.00 bits per heavy atom. The van der Waals surface area contributed by atoms with Crippen LogP contribution < -0.4 is 0 Å². The molecule has 1 rings (SSSR count). The van der Waals surface area contributed by atoms with E-state index in [9.17, 15) is 0 Å². The molecule has 1 atom stereocenters. The van der Waals surface area contributed by atoms with Crippen LogP contribution in [-0.2, 0) is 0 Å². The predicted octanol–water partition coefficient (Wildman–Crippen LogP) is 3.83. The normalized spacial score (nSPS) is 24.2. The van der Waals surface area contributed by atoms with Crippen molar-refractivity contribution in [1.82, 2.24) is 4.90 Å². The summed E-state index contributed by atoms with van der Waals surface area (Å²) < 4.78 is 0. The van der Waals surface area contributed by atoms with E-state index in [2.05, 4.69) is 25.7 Å². The van der Waals surface area contributed by atoms with E-state index in [1.807, 2.05) is 0 Å². The molecule has 0 radical (unpaired) electrons. The van der Waals surface area contributed by atoms with Gasteiger partial charge in [0.25, 0.3) is 0 Å². The van der Waals surface area contributed by atoms with E-state index >= 15 is 0 Å². The van der Waals surface area contributed by atoms with Crippen LogP contribution in [0.15, 0.2) is 0 Å². The molecule has 0 aromatic heterocycles. The Labute approximate surface area is 89.9 Å². The Morgan fingerprint density at radius 2 is 1.57 bits per heavy atom. The topological polar surface area (TPSA) is 3.24 Å². The lowest BCUT2D eigenvalue weighted by molar-refractivity contribution is 0.0933. The fourth-order valence-corrected chi connectivity index (χ4v) is 2.71. The first-order chi connectivity index (χ1) is 6.73. The molecule has 0 aliphatic carbocycles. The summed E-state index contributed by atoms with van der Waals surface area (Å²) in [5, 5.41) is 0. The second-order valence-electron chi connectivity index (χ2n) is 5.00. The van der Waals surface area contributed by atoms with E-state index < -0.39 is 0 Å². The summed E-state index contributed by atoms with van der Waals surface area (Å²) in [5.41, 5.74) is 0.485. The maximum Gasteiger partial charge on any atom is 0.0178 e. The van der Waals surface area contributed by atoms with Gasteiger partial charge < -0.3 is 0 Å². The van der Waals surface area contributed by atoms with E-state index in [0.717, 1.165) is 0 Å². The molecule has 0 aromatic carbocycles. The van der Waals surface area contributed by atoms with Gasteiger partial charge in [-0.15, -0.1) is 0 Å². The highest BCUT2D eigenvalue weighted by Crippen LogP contribution is 2.27. The minimum Gasteiger partial charge on any atom is -0.298 e. The van der Waals surface area contributed by atoms with E-state index in [4.69, 9.17) is 0 Å². The Bertz CT molecular complexity index is 147. The van der Waals surface area contributed by atoms with Gasteiger partial charge in [-0.1, -0.05) is 33.1 Å². The standard InChI is InChI=1S/C13H27N/c1-4-10-13(3,5-2)14-11-8-6-7-9-12-14/h4-12H2,1-3H3. The van der Waals surface area contributed by atoms with Gasteiger partial charge in [-0.25, -0.2) is 0 Å². The smallest absolute Gasteiger partial charge is 0.0178 e. The fraction of sp³-hybridized carbons (Fsp3) is 1.00. The van der Waals surface area contributed by atoms with Crippen molar-refractivity contribution in [3.63, 3.8) is 0 Å². The Balaban J connectivity index is 2.56. The van der Waals surface area contributed by atoms with Crippen LogP contribution in [0, 0.1) is 0 Å². The summed E-state index contributed by atoms with van der Waals surface area (Å²) in [4.78, 5) is 2.75. The third kappa shape index (κ3) is 2.98. The van der Waals surface area contributed by atoms with Gasteiger partial charge in [0.15, 0.2) is 0 Å². The third-order valence-corrected chi connectivity index (χ3v) is 3.92. The van der Waals surface area contributed by atoms with Gasteiger partial charge in [-0.05, 0) is 45.7 Å². The monoisotopic (exact) mass is 197 g/mol. The molecule has 1 aliphatic heterocycles. The van der Waals surface area contributed by atoms with Crippen molar-refractivity contribution in [1.29, 1.82) is 0 Å². The van der Waals surface area contributed by atoms with Gasteiger partial charge in [0.1, 0.15) is 0 Å². The van der Waals surface area contributed by atoms with Crippen LogP contribution >= 0.6 is 0 Å². The van der Waals surface area contributed by atoms with Crippen molar-refractivity contribution in [3.05, 3.63) is 0 Å². The van der Waals surface area contributed by atoms with E-state index in [0.29, 0.717) is 5.54 Å². The Kier molecular flexibility index (Phi) is 4.94. The van der Waals surface area contributed by atoms with Gasteiger partial charge in [0, 0.05) is 5.54 Å². The molecule has 0 amide bonds. The largest absolute Gasteiger partial charge is 0.298 e. The van der Waals surface area contributed by atoms with Crippen LogP contribution in [-0.4, -0.2) is 23.5 Å². The molecule has 0 spiro atoms. The molecule has 1 heterocycles. The molecular weight excluding hydrogens is 170 g/mol. The summed E-state index contributed by atoms with van der Waals surface area (Å²) in [7, 11) is 0. The molecule has 1 aliphatic rings. The van der Waals surface area contributed by atoms with Gasteiger partial charge in [0.05, 0.1) is 0 Å². The van der Waals surface area contributed by atoms with Crippen molar-refractivity contribution < 1.29 is 0 Å². The number of hydrogen-bond donors (Lipinski definition) is 0. The molecule has 0 N–H and O–H groups in total. The molecule has 0 aromatic rings. The molecule has 14 heavy (non-hydrogen) atoms. The average Bonchev–Trinajstić information content (AvgIpc) is 2.46. The summed E-state index contributed by atoms with van der Waals surface area (Å²) >= 11 is 0. The van der Waals surface area contributed by atoms with E-state index in [-0.39, 0.29) is 0 Å². The summed E-state index contributed by atoms with van der Waals surface area (Å²) in [6.07, 6.45) is 9.72. The van der Waals surface area contributed by atoms with Crippen molar-refractivity contribution in [2.24, 2.45) is 0 Å². The third-order valence-electron chi connectivity index (χ3n) is 3.92. The number of likely N-dealkylation sites (tertiary alicyclic amines) is 1. The molecule has 1 nitrogen and oxygen atoms in total. The van der Waals surface area contributed by atoms with Crippen molar-refractivity contribution in [2.45, 2.75) is 71.3 Å². The van der Waals surface area contributed by atoms with Gasteiger partial charge in [0.2, 0.25) is 0 Å². The molecule has 84 valence electrons. The van der Waals surface area contributed by atoms with Crippen LogP contribution in [0.4, 0.5) is 0 Å². The zero-order valence-electron chi connectivity index (χ0n) is 10.3. The zero-order chi connectivity index (χ0) is 10.4. The van der Waals surface area contributed by atoms with Crippen molar-refractivity contribution in [3.8, 4) is 0 Å². The Hall–Kier alpha value is -0.0400. The lowest BCUT2D eigenvalue weighted by Gasteiger charge is -2.40. The second kappa shape index (κ2) is 5.75. The molecular formula is C13H27N. The maximum absolute atomic E-state index is 2.75. The van der Waals surface area contributed by atoms with E-state index in [1.54, 1.807) is 0 Å². The molecule has 0 bridgehead atoms. The first-order valence-corrected chi connectivity index (χ1v) is 6.48. The lowest BCUT2D eigenvalue weighted by Crippen LogP contribution is -2.46. The number of hydrogen-bond acceptors (Lipinski definition) is 1. The zero-order valence-corrected chi connectivity index (χ0v) is 10.3. The SMILES string of the molecule is CCCC(C)(CC)N1CCCCCC1. The van der Waals surface area contributed by atoms with Gasteiger partial charge in [-0.2, -0.15) is 0 Å². The van der Waals surface area contributed by atoms with Gasteiger partial charge >= 0.3 is 0 Å². The molecule has 1 heteroatoms. The first kappa shape index (κ1) is 12.0. The van der Waals surface area contributed by atoms with Crippen LogP contribution in [0.25, 0.3) is 0 Å². The molecule has 1 unspecified atom stereocenters. The van der Waals surface area contributed by atoms with E-state index in [1.165, 1.54) is 58.0 Å². The molecule has 1 fully saturated rings. The maximum atomic E-state index is 2.75. The lowest BCUT2D eigenvalue weighted by atomic mass is 9.90. The van der Waals surface area contributed by atoms with Crippen LogP contribution in [0.3, 0.4) is 0 Å². The second-order valence-corrected chi connectivity index (χ2v) is 5.00. The molecule has 1 saturated heterocycles. The van der Waals surface area contributed by atoms with Crippen molar-refractivity contribution >= 4 is 0 Å². The highest BCUT2D eigenvalue weighted by atomic mass is 15.2. The first-order valence-electron chi connectivity index (χ1n) is 6.48. The summed E-state index contributed by atoms with van der Waals surface area (Å²) in [6, 6.07) is 0. The summed E-state index contributed by atoms with van der Waals surface area (Å²) in [5.74, 6) is 0. The fourth-order valence-electron chi connectivity index (χ4n) is 2.71. The quantitative estimate of drug-likeness (QED) is 0.662. The van der Waals surface area contributed by atoms with Crippen LogP contribution in [0.5, 0.6) is 0 Å². The summed E-state index contributed by atoms with van der Waals surface area (Å²) in [6.45, 7) is 9.79.